The zero-order valence-corrected chi connectivity index (χ0v) is 25.0. The average molecular weight is 652 g/mol. The number of carbonyl (C=O) groups is 1. The molecule has 0 amide bonds. The number of nitrogens with zero attached hydrogens (tertiary/aromatic N) is 5. The zero-order chi connectivity index (χ0) is 27.0. The number of esters is 1. The first-order valence-electron chi connectivity index (χ1n) is 13.6. The van der Waals surface area contributed by atoms with E-state index in [1.165, 1.54) is 11.6 Å². The van der Waals surface area contributed by atoms with Gasteiger partial charge in [-0.15, -0.1) is 0 Å². The van der Waals surface area contributed by atoms with Gasteiger partial charge in [0.15, 0.2) is 11.2 Å². The molecule has 5 rings (SSSR count). The summed E-state index contributed by atoms with van der Waals surface area (Å²) < 4.78 is 11.4. The smallest absolute Gasteiger partial charge is 0.332 e. The first-order valence-corrected chi connectivity index (χ1v) is 13.6. The highest BCUT2D eigenvalue weighted by atomic mass is 127. The van der Waals surface area contributed by atoms with E-state index in [1.54, 1.807) is 13.4 Å². The van der Waals surface area contributed by atoms with Gasteiger partial charge in [0.25, 0.3) is 5.56 Å². The van der Waals surface area contributed by atoms with Gasteiger partial charge >= 0.3 is 11.7 Å². The van der Waals surface area contributed by atoms with Crippen LogP contribution >= 0.6 is 0 Å². The van der Waals surface area contributed by atoms with Crippen molar-refractivity contribution in [3.05, 3.63) is 63.1 Å². The molecule has 2 aromatic heterocycles. The molecular weight excluding hydrogens is 613 g/mol. The molecule has 2 saturated heterocycles. The van der Waals surface area contributed by atoms with Crippen LogP contribution in [-0.4, -0.2) is 72.6 Å². The Morgan fingerprint density at radius 1 is 1.10 bits per heavy atom. The number of hydrogen-bond donors (Lipinski definition) is 1. The molecule has 1 aromatic carbocycles. The van der Waals surface area contributed by atoms with Crippen LogP contribution in [0.1, 0.15) is 50.0 Å². The molecule has 3 unspecified atom stereocenters. The lowest BCUT2D eigenvalue weighted by Crippen LogP contribution is -3.00. The Morgan fingerprint density at radius 3 is 2.41 bits per heavy atom. The maximum absolute atomic E-state index is 12.9. The summed E-state index contributed by atoms with van der Waals surface area (Å²) in [6, 6.07) is 10.2. The molecule has 2 fully saturated rings. The van der Waals surface area contributed by atoms with E-state index in [9.17, 15) is 19.5 Å². The molecule has 0 radical (unpaired) electrons. The van der Waals surface area contributed by atoms with E-state index in [1.807, 2.05) is 34.9 Å². The van der Waals surface area contributed by atoms with Crippen LogP contribution in [0.2, 0.25) is 0 Å². The number of fused-ring (bicyclic) bond motifs is 3. The predicted molar refractivity (Wildman–Crippen MR) is 143 cm³/mol. The lowest BCUT2D eigenvalue weighted by atomic mass is 9.95. The number of rotatable bonds is 9. The molecule has 0 saturated carbocycles. The predicted octanol–water partition coefficient (Wildman–Crippen LogP) is -1.32. The number of halogens is 1. The Hall–Kier alpha value is -2.51. The normalized spacial score (nSPS) is 24.9. The number of unbranched alkanes of at least 4 members (excludes halogenated alkanes) is 1. The summed E-state index contributed by atoms with van der Waals surface area (Å²) in [6.45, 7) is 1.44. The van der Waals surface area contributed by atoms with Crippen molar-refractivity contribution in [3.63, 3.8) is 0 Å². The van der Waals surface area contributed by atoms with E-state index < -0.39 is 5.92 Å². The second-order valence-corrected chi connectivity index (χ2v) is 11.2. The van der Waals surface area contributed by atoms with Gasteiger partial charge in [-0.3, -0.25) is 18.7 Å². The van der Waals surface area contributed by atoms with Crippen molar-refractivity contribution in [1.82, 2.24) is 18.7 Å². The highest BCUT2D eigenvalue weighted by Crippen LogP contribution is 2.42. The molecule has 1 N–H and O–H groups in total. The Labute approximate surface area is 244 Å². The number of benzene rings is 1. The van der Waals surface area contributed by atoms with Gasteiger partial charge < -0.3 is 42.9 Å². The van der Waals surface area contributed by atoms with Crippen LogP contribution in [0.3, 0.4) is 0 Å². The number of aliphatic hydroxyl groups is 1. The second kappa shape index (κ2) is 11.9. The second-order valence-electron chi connectivity index (χ2n) is 11.2. The summed E-state index contributed by atoms with van der Waals surface area (Å²) in [5.74, 6) is -0.981. The van der Waals surface area contributed by atoms with Crippen LogP contribution in [0.5, 0.6) is 0 Å². The molecule has 0 aliphatic carbocycles. The van der Waals surface area contributed by atoms with Gasteiger partial charge in [-0.1, -0.05) is 30.3 Å². The van der Waals surface area contributed by atoms with E-state index in [4.69, 9.17) is 4.74 Å². The minimum absolute atomic E-state index is 0. The highest BCUT2D eigenvalue weighted by molar-refractivity contribution is 5.78. The monoisotopic (exact) mass is 651 g/mol. The van der Waals surface area contributed by atoms with Crippen molar-refractivity contribution in [1.29, 1.82) is 0 Å². The molecule has 3 atom stereocenters. The molecule has 2 aliphatic rings. The summed E-state index contributed by atoms with van der Waals surface area (Å²) >= 11 is 0. The van der Waals surface area contributed by atoms with E-state index >= 15 is 0 Å². The average Bonchev–Trinajstić information content (AvgIpc) is 3.38. The fraction of sp³-hybridized carbons (Fsp3) is 0.571. The van der Waals surface area contributed by atoms with Crippen LogP contribution in [0.4, 0.5) is 0 Å². The number of aliphatic hydroxyl groups excluding tert-OH is 1. The van der Waals surface area contributed by atoms with Gasteiger partial charge in [-0.05, 0) is 18.4 Å². The molecule has 10 nitrogen and oxygen atoms in total. The van der Waals surface area contributed by atoms with E-state index in [2.05, 4.69) is 12.0 Å². The maximum Gasteiger partial charge on any atom is 0.332 e. The molecule has 2 aliphatic heterocycles. The SMILES string of the molecule is Cn1c(=O)c2c(ncn2CCCC[N+]2(C)C3CCC2CC(OC(=O)C(CO)c2ccccc2)C3)n(C)c1=O.[I-]. The Balaban J connectivity index is 0.00000353. The third kappa shape index (κ3) is 5.45. The lowest BCUT2D eigenvalue weighted by Gasteiger charge is -2.47. The van der Waals surface area contributed by atoms with Gasteiger partial charge in [0.1, 0.15) is 12.0 Å². The van der Waals surface area contributed by atoms with Crippen molar-refractivity contribution in [2.75, 3.05) is 20.2 Å². The van der Waals surface area contributed by atoms with Crippen molar-refractivity contribution in [3.8, 4) is 0 Å². The minimum atomic E-state index is -0.643. The van der Waals surface area contributed by atoms with E-state index in [0.29, 0.717) is 29.8 Å². The summed E-state index contributed by atoms with van der Waals surface area (Å²) in [6.07, 6.45) is 7.41. The number of quaternary nitrogens is 1. The molecular formula is C28H38IN5O5. The lowest BCUT2D eigenvalue weighted by molar-refractivity contribution is -0.949. The van der Waals surface area contributed by atoms with Gasteiger partial charge in [0.05, 0.1) is 38.6 Å². The quantitative estimate of drug-likeness (QED) is 0.133. The number of ether oxygens (including phenoxy) is 1. The third-order valence-electron chi connectivity index (χ3n) is 9.03. The van der Waals surface area contributed by atoms with Crippen LogP contribution in [-0.2, 0) is 30.2 Å². The number of aromatic nitrogens is 4. The van der Waals surface area contributed by atoms with Crippen LogP contribution in [0.15, 0.2) is 46.2 Å². The zero-order valence-electron chi connectivity index (χ0n) is 22.8. The van der Waals surface area contributed by atoms with E-state index in [0.717, 1.165) is 59.7 Å². The third-order valence-corrected chi connectivity index (χ3v) is 9.03. The Bertz CT molecular complexity index is 1420. The number of carbonyl (C=O) groups excluding carboxylic acids is 1. The Kier molecular flexibility index (Phi) is 9.01. The van der Waals surface area contributed by atoms with Crippen LogP contribution in [0.25, 0.3) is 11.2 Å². The fourth-order valence-electron chi connectivity index (χ4n) is 6.70. The Morgan fingerprint density at radius 2 is 1.77 bits per heavy atom. The van der Waals surface area contributed by atoms with Crippen molar-refractivity contribution in [2.24, 2.45) is 14.1 Å². The van der Waals surface area contributed by atoms with Crippen molar-refractivity contribution < 1.29 is 43.1 Å². The number of hydrogen-bond acceptors (Lipinski definition) is 6. The molecule has 39 heavy (non-hydrogen) atoms. The summed E-state index contributed by atoms with van der Waals surface area (Å²) in [5, 5.41) is 9.84. The van der Waals surface area contributed by atoms with Crippen molar-refractivity contribution in [2.45, 2.75) is 69.2 Å². The van der Waals surface area contributed by atoms with Gasteiger partial charge in [0, 0.05) is 46.3 Å². The van der Waals surface area contributed by atoms with E-state index in [-0.39, 0.29) is 53.9 Å². The number of imidazole rings is 1. The fourth-order valence-corrected chi connectivity index (χ4v) is 6.70. The first kappa shape index (κ1) is 29.5. The molecule has 0 spiro atoms. The largest absolute Gasteiger partial charge is 1.00 e. The highest BCUT2D eigenvalue weighted by Gasteiger charge is 2.52. The maximum atomic E-state index is 12.9. The molecule has 212 valence electrons. The van der Waals surface area contributed by atoms with Crippen LogP contribution in [0, 0.1) is 0 Å². The molecule has 3 aromatic rings. The van der Waals surface area contributed by atoms with Crippen molar-refractivity contribution >= 4 is 17.1 Å². The minimum Gasteiger partial charge on any atom is -1.00 e. The summed E-state index contributed by atoms with van der Waals surface area (Å²) in [5.41, 5.74) is 0.980. The standard InChI is InChI=1S/C28H38N5O5.HI/c1-30-25-24(26(35)31(2)28(30)37)32(18-29-25)13-7-8-14-33(3)20-11-12-21(33)16-22(15-20)38-27(36)23(17-34)19-9-5-4-6-10-19;/h4-6,9-10,18,20-23,34H,7-8,11-17H2,1-3H3;1H/q+1;/p-1. The van der Waals surface area contributed by atoms with Gasteiger partial charge in [-0.25, -0.2) is 9.78 Å². The summed E-state index contributed by atoms with van der Waals surface area (Å²) in [7, 11) is 5.46. The van der Waals surface area contributed by atoms with Gasteiger partial charge in [-0.2, -0.15) is 0 Å². The number of aryl methyl sites for hydroxylation is 2. The molecule has 11 heteroatoms. The molecule has 4 heterocycles. The topological polar surface area (TPSA) is 108 Å². The first-order chi connectivity index (χ1) is 18.2. The van der Waals surface area contributed by atoms with Crippen LogP contribution < -0.4 is 35.2 Å². The summed E-state index contributed by atoms with van der Waals surface area (Å²) in [4.78, 5) is 42.1. The number of piperidine rings is 1. The molecule has 2 bridgehead atoms. The van der Waals surface area contributed by atoms with Gasteiger partial charge in [0.2, 0.25) is 0 Å².